The minimum Gasteiger partial charge on any atom is -0.609 e. The molecule has 2 heterocycles. The lowest BCUT2D eigenvalue weighted by molar-refractivity contribution is 0.592. The molecule has 1 atom stereocenters. The van der Waals surface area contributed by atoms with Gasteiger partial charge in [-0.25, -0.2) is 9.97 Å². The van der Waals surface area contributed by atoms with Gasteiger partial charge in [-0.1, -0.05) is 0 Å². The van der Waals surface area contributed by atoms with Crippen molar-refractivity contribution in [3.63, 3.8) is 0 Å². The van der Waals surface area contributed by atoms with E-state index in [2.05, 4.69) is 19.9 Å². The summed E-state index contributed by atoms with van der Waals surface area (Å²) in [5.41, 5.74) is 2.68. The van der Waals surface area contributed by atoms with Crippen molar-refractivity contribution >= 4 is 11.2 Å². The van der Waals surface area contributed by atoms with Crippen molar-refractivity contribution in [2.75, 3.05) is 6.26 Å². The second kappa shape index (κ2) is 5.22. The molecule has 0 aliphatic heterocycles. The van der Waals surface area contributed by atoms with Crippen molar-refractivity contribution < 1.29 is 4.55 Å². The van der Waals surface area contributed by atoms with Crippen LogP contribution in [0.15, 0.2) is 29.9 Å². The maximum absolute atomic E-state index is 11.5. The van der Waals surface area contributed by atoms with Gasteiger partial charge in [-0.15, -0.1) is 0 Å². The second-order valence-electron chi connectivity index (χ2n) is 4.71. The Bertz CT molecular complexity index is 586. The average Bonchev–Trinajstić information content (AvgIpc) is 3.23. The summed E-state index contributed by atoms with van der Waals surface area (Å²) in [7, 11) is 0. The molecular weight excluding hydrogens is 260 g/mol. The molecule has 0 spiro atoms. The molecule has 0 bridgehead atoms. The molecule has 1 saturated carbocycles. The molecule has 19 heavy (non-hydrogen) atoms. The Kier molecular flexibility index (Phi) is 3.44. The maximum Gasteiger partial charge on any atom is 0.342 e. The topological polar surface area (TPSA) is 74.6 Å². The summed E-state index contributed by atoms with van der Waals surface area (Å²) in [6.07, 6.45) is 10.1. The first-order chi connectivity index (χ1) is 9.24. The fraction of sp³-hybridized carbons (Fsp3) is 0.385. The van der Waals surface area contributed by atoms with Crippen LogP contribution in [0.2, 0.25) is 0 Å². The van der Waals surface area contributed by atoms with Gasteiger partial charge in [-0.2, -0.15) is 9.97 Å². The Labute approximate surface area is 114 Å². The summed E-state index contributed by atoms with van der Waals surface area (Å²) in [4.78, 5) is 16.8. The minimum absolute atomic E-state index is 0.346. The number of hydrogen-bond acceptors (Lipinski definition) is 5. The third kappa shape index (κ3) is 2.90. The van der Waals surface area contributed by atoms with Crippen molar-refractivity contribution in [2.24, 2.45) is 5.92 Å². The molecule has 0 aromatic carbocycles. The summed E-state index contributed by atoms with van der Waals surface area (Å²) in [5, 5.41) is 0.346. The largest absolute Gasteiger partial charge is 0.609 e. The van der Waals surface area contributed by atoms with Gasteiger partial charge in [0.1, 0.15) is 12.6 Å². The number of nitrogens with zero attached hydrogens (tertiary/aromatic N) is 4. The van der Waals surface area contributed by atoms with E-state index in [-0.39, 0.29) is 0 Å². The van der Waals surface area contributed by atoms with E-state index in [1.54, 1.807) is 25.0 Å². The smallest absolute Gasteiger partial charge is 0.342 e. The summed E-state index contributed by atoms with van der Waals surface area (Å²) in [5.74, 6) is 0.746. The predicted octanol–water partition coefficient (Wildman–Crippen LogP) is 1.62. The van der Waals surface area contributed by atoms with E-state index < -0.39 is 11.2 Å². The van der Waals surface area contributed by atoms with E-state index in [1.807, 2.05) is 6.07 Å². The highest BCUT2D eigenvalue weighted by atomic mass is 32.2. The summed E-state index contributed by atoms with van der Waals surface area (Å²) < 4.78 is 11.5. The molecule has 5 nitrogen and oxygen atoms in total. The van der Waals surface area contributed by atoms with E-state index in [0.29, 0.717) is 5.16 Å². The van der Waals surface area contributed by atoms with Crippen LogP contribution in [0.25, 0.3) is 11.3 Å². The quantitative estimate of drug-likeness (QED) is 0.625. The summed E-state index contributed by atoms with van der Waals surface area (Å²) >= 11 is -1.18. The first-order valence-corrected chi connectivity index (χ1v) is 7.75. The van der Waals surface area contributed by atoms with Gasteiger partial charge in [0.2, 0.25) is 0 Å². The molecule has 1 unspecified atom stereocenters. The van der Waals surface area contributed by atoms with Crippen molar-refractivity contribution in [3.05, 3.63) is 30.5 Å². The van der Waals surface area contributed by atoms with Crippen LogP contribution < -0.4 is 0 Å². The van der Waals surface area contributed by atoms with Crippen LogP contribution >= 0.6 is 0 Å². The van der Waals surface area contributed by atoms with E-state index >= 15 is 0 Å². The van der Waals surface area contributed by atoms with E-state index in [9.17, 15) is 4.55 Å². The Balaban J connectivity index is 1.98. The number of rotatable bonds is 4. The van der Waals surface area contributed by atoms with Crippen molar-refractivity contribution in [1.82, 2.24) is 19.9 Å². The molecule has 2 aromatic rings. The minimum atomic E-state index is -1.18. The monoisotopic (exact) mass is 274 g/mol. The van der Waals surface area contributed by atoms with E-state index in [1.165, 1.54) is 12.8 Å². The fourth-order valence-electron chi connectivity index (χ4n) is 1.96. The molecule has 98 valence electrons. The molecule has 1 aliphatic carbocycles. The van der Waals surface area contributed by atoms with Crippen LogP contribution in [0.3, 0.4) is 0 Å². The van der Waals surface area contributed by atoms with Gasteiger partial charge in [-0.05, 0) is 31.2 Å². The normalized spacial score (nSPS) is 16.3. The van der Waals surface area contributed by atoms with Gasteiger partial charge in [0.15, 0.2) is 0 Å². The van der Waals surface area contributed by atoms with Crippen LogP contribution in [0.1, 0.15) is 18.5 Å². The Hall–Kier alpha value is -1.53. The molecule has 1 aliphatic rings. The molecule has 3 rings (SSSR count). The Morgan fingerprint density at radius 1 is 1.37 bits per heavy atom. The SMILES string of the molecule is C[S+]([O-])c1nccc(-c2cncnc2CC2CC2)n1. The lowest BCUT2D eigenvalue weighted by atomic mass is 10.1. The first kappa shape index (κ1) is 12.5. The average molecular weight is 274 g/mol. The predicted molar refractivity (Wildman–Crippen MR) is 71.8 cm³/mol. The molecule has 0 amide bonds. The van der Waals surface area contributed by atoms with Crippen LogP contribution in [-0.2, 0) is 17.6 Å². The zero-order chi connectivity index (χ0) is 13.2. The summed E-state index contributed by atoms with van der Waals surface area (Å²) in [6.45, 7) is 0. The molecular formula is C13H14N4OS. The van der Waals surface area contributed by atoms with E-state index in [0.717, 1.165) is 29.3 Å². The zero-order valence-electron chi connectivity index (χ0n) is 10.6. The Morgan fingerprint density at radius 2 is 2.21 bits per heavy atom. The third-order valence-electron chi connectivity index (χ3n) is 3.14. The van der Waals surface area contributed by atoms with Gasteiger partial charge in [0.25, 0.3) is 0 Å². The lowest BCUT2D eigenvalue weighted by Gasteiger charge is -2.08. The van der Waals surface area contributed by atoms with Crippen molar-refractivity contribution in [2.45, 2.75) is 24.4 Å². The molecule has 0 saturated heterocycles. The van der Waals surface area contributed by atoms with Gasteiger partial charge < -0.3 is 4.55 Å². The number of hydrogen-bond donors (Lipinski definition) is 0. The first-order valence-electron chi connectivity index (χ1n) is 6.20. The second-order valence-corrected chi connectivity index (χ2v) is 5.98. The third-order valence-corrected chi connectivity index (χ3v) is 3.85. The van der Waals surface area contributed by atoms with Crippen molar-refractivity contribution in [1.29, 1.82) is 0 Å². The van der Waals surface area contributed by atoms with Gasteiger partial charge in [0, 0.05) is 29.1 Å². The molecule has 1 fully saturated rings. The zero-order valence-corrected chi connectivity index (χ0v) is 11.4. The number of aromatic nitrogens is 4. The molecule has 0 N–H and O–H groups in total. The Morgan fingerprint density at radius 3 is 2.95 bits per heavy atom. The lowest BCUT2D eigenvalue weighted by Crippen LogP contribution is -2.05. The highest BCUT2D eigenvalue weighted by Crippen LogP contribution is 2.34. The fourth-order valence-corrected chi connectivity index (χ4v) is 2.39. The highest BCUT2D eigenvalue weighted by Gasteiger charge is 2.24. The van der Waals surface area contributed by atoms with E-state index in [4.69, 9.17) is 0 Å². The van der Waals surface area contributed by atoms with Crippen LogP contribution in [-0.4, -0.2) is 30.7 Å². The van der Waals surface area contributed by atoms with Crippen molar-refractivity contribution in [3.8, 4) is 11.3 Å². The molecule has 2 aromatic heterocycles. The van der Waals surface area contributed by atoms with Crippen LogP contribution in [0.5, 0.6) is 0 Å². The van der Waals surface area contributed by atoms with Crippen LogP contribution in [0, 0.1) is 5.92 Å². The van der Waals surface area contributed by atoms with Crippen LogP contribution in [0.4, 0.5) is 0 Å². The van der Waals surface area contributed by atoms with Gasteiger partial charge >= 0.3 is 5.16 Å². The highest BCUT2D eigenvalue weighted by molar-refractivity contribution is 7.90. The molecule has 0 radical (unpaired) electrons. The standard InChI is InChI=1S/C13H14N4OS/c1-19(18)13-15-5-4-11(17-13)10-7-14-8-16-12(10)6-9-2-3-9/h4-5,7-9H,2-3,6H2,1H3. The summed E-state index contributed by atoms with van der Waals surface area (Å²) in [6, 6.07) is 1.81. The molecule has 6 heteroatoms. The maximum atomic E-state index is 11.5. The van der Waals surface area contributed by atoms with Gasteiger partial charge in [0.05, 0.1) is 11.4 Å². The van der Waals surface area contributed by atoms with Gasteiger partial charge in [-0.3, -0.25) is 0 Å².